The van der Waals surface area contributed by atoms with E-state index in [-0.39, 0.29) is 38.2 Å². The number of fused-ring (bicyclic) bond motifs is 2. The van der Waals surface area contributed by atoms with E-state index in [1.165, 1.54) is 0 Å². The zero-order valence-electron chi connectivity index (χ0n) is 21.6. The lowest BCUT2D eigenvalue weighted by Crippen LogP contribution is -2.63. The first kappa shape index (κ1) is 32.6. The lowest BCUT2D eigenvalue weighted by Gasteiger charge is -2.37. The summed E-state index contributed by atoms with van der Waals surface area (Å²) in [6, 6.07) is 4.85. The Hall–Kier alpha value is -1.75. The molecule has 3 aliphatic carbocycles. The van der Waals surface area contributed by atoms with E-state index in [1.54, 1.807) is 18.2 Å². The average Bonchev–Trinajstić information content (AvgIpc) is 3.62. The van der Waals surface area contributed by atoms with Gasteiger partial charge in [0.2, 0.25) is 0 Å². The third-order valence-corrected chi connectivity index (χ3v) is 10.1. The highest BCUT2D eigenvalue weighted by Crippen LogP contribution is 2.56. The monoisotopic (exact) mass is 689 g/mol. The molecule has 3 saturated carbocycles. The number of nitrogens with zero attached hydrogens (tertiary/aromatic N) is 1. The van der Waals surface area contributed by atoms with Crippen LogP contribution in [0.3, 0.4) is 0 Å². The molecule has 3 fully saturated rings. The van der Waals surface area contributed by atoms with Crippen molar-refractivity contribution in [2.75, 3.05) is 0 Å². The second-order valence-electron chi connectivity index (χ2n) is 10.9. The summed E-state index contributed by atoms with van der Waals surface area (Å²) in [4.78, 5) is 0. The number of rotatable bonds is 10. The van der Waals surface area contributed by atoms with E-state index in [9.17, 15) is 47.9 Å². The van der Waals surface area contributed by atoms with Crippen molar-refractivity contribution in [2.45, 2.75) is 86.5 Å². The van der Waals surface area contributed by atoms with Gasteiger partial charge in [0, 0.05) is 17.0 Å². The van der Waals surface area contributed by atoms with E-state index < -0.39 is 57.4 Å². The molecule has 2 aromatic rings. The largest absolute Gasteiger partial charge is 0.460 e. The predicted octanol–water partition coefficient (Wildman–Crippen LogP) is 8.37. The molecule has 2 unspecified atom stereocenters. The number of alkyl halides is 9. The Morgan fingerprint density at radius 3 is 1.95 bits per heavy atom. The van der Waals surface area contributed by atoms with Crippen molar-refractivity contribution in [2.24, 2.45) is 11.8 Å². The van der Waals surface area contributed by atoms with Crippen molar-refractivity contribution in [3.05, 3.63) is 39.6 Å². The van der Waals surface area contributed by atoms with Gasteiger partial charge in [-0.25, -0.2) is 0 Å². The highest BCUT2D eigenvalue weighted by molar-refractivity contribution is 7.87. The lowest BCUT2D eigenvalue weighted by atomic mass is 9.84. The van der Waals surface area contributed by atoms with E-state index in [4.69, 9.17) is 32.5 Å². The molecule has 3 aliphatic rings. The van der Waals surface area contributed by atoms with Gasteiger partial charge in [-0.3, -0.25) is 4.18 Å². The zero-order valence-corrected chi connectivity index (χ0v) is 24.0. The SMILES string of the molecule is O=S(=O)(OC1C2CCC1CC(OCc1c(-c3c(Cl)cccc3Cl)noc1C1CC1)C2)C(F)(F)C(F)(F)C(F)(F)C(F)(F)F. The third-order valence-electron chi connectivity index (χ3n) is 8.07. The van der Waals surface area contributed by atoms with Crippen LogP contribution in [0.15, 0.2) is 22.7 Å². The minimum atomic E-state index is -7.36. The number of ether oxygens (including phenoxy) is 1. The van der Waals surface area contributed by atoms with Crippen LogP contribution >= 0.6 is 23.2 Å². The maximum absolute atomic E-state index is 14.2. The van der Waals surface area contributed by atoms with Crippen LogP contribution in [0.25, 0.3) is 11.3 Å². The summed E-state index contributed by atoms with van der Waals surface area (Å²) in [5.74, 6) is -15.8. The number of halogens is 11. The van der Waals surface area contributed by atoms with E-state index >= 15 is 0 Å². The zero-order chi connectivity index (χ0) is 31.8. The molecule has 1 heterocycles. The minimum absolute atomic E-state index is 0.00356. The summed E-state index contributed by atoms with van der Waals surface area (Å²) >= 11 is 12.7. The molecule has 6 nitrogen and oxygen atoms in total. The van der Waals surface area contributed by atoms with Gasteiger partial charge in [0.1, 0.15) is 11.5 Å². The van der Waals surface area contributed by atoms with Gasteiger partial charge in [0.25, 0.3) is 0 Å². The Balaban J connectivity index is 1.30. The van der Waals surface area contributed by atoms with E-state index in [2.05, 4.69) is 9.34 Å². The van der Waals surface area contributed by atoms with Gasteiger partial charge < -0.3 is 9.26 Å². The Labute approximate surface area is 248 Å². The smallest absolute Gasteiger partial charge is 0.373 e. The molecule has 18 heteroatoms. The van der Waals surface area contributed by atoms with Crippen molar-refractivity contribution < 1.29 is 61.4 Å². The lowest BCUT2D eigenvalue weighted by molar-refractivity contribution is -0.383. The summed E-state index contributed by atoms with van der Waals surface area (Å²) in [6.07, 6.45) is -7.35. The summed E-state index contributed by atoms with van der Waals surface area (Å²) in [5, 5.41) is -2.15. The Morgan fingerprint density at radius 2 is 1.44 bits per heavy atom. The van der Waals surface area contributed by atoms with Gasteiger partial charge in [0.05, 0.1) is 28.9 Å². The molecule has 1 aromatic heterocycles. The molecule has 0 amide bonds. The molecular weight excluding hydrogens is 668 g/mol. The van der Waals surface area contributed by atoms with Gasteiger partial charge in [-0.2, -0.15) is 47.9 Å². The van der Waals surface area contributed by atoms with Crippen molar-refractivity contribution in [3.63, 3.8) is 0 Å². The molecule has 1 aromatic carbocycles. The first-order valence-corrected chi connectivity index (χ1v) is 15.1. The third kappa shape index (κ3) is 5.52. The van der Waals surface area contributed by atoms with E-state index in [0.29, 0.717) is 32.6 Å². The van der Waals surface area contributed by atoms with Crippen LogP contribution in [0.5, 0.6) is 0 Å². The van der Waals surface area contributed by atoms with Crippen LogP contribution in [0.1, 0.15) is 55.8 Å². The first-order valence-electron chi connectivity index (χ1n) is 13.0. The van der Waals surface area contributed by atoms with Crippen molar-refractivity contribution >= 4 is 33.3 Å². The topological polar surface area (TPSA) is 78.6 Å². The number of hydrogen-bond acceptors (Lipinski definition) is 6. The maximum atomic E-state index is 14.2. The van der Waals surface area contributed by atoms with Crippen LogP contribution in [-0.4, -0.2) is 49.1 Å². The molecule has 0 spiro atoms. The fourth-order valence-electron chi connectivity index (χ4n) is 5.68. The van der Waals surface area contributed by atoms with Crippen LogP contribution < -0.4 is 0 Å². The Kier molecular flexibility index (Phi) is 8.31. The molecule has 5 rings (SSSR count). The summed E-state index contributed by atoms with van der Waals surface area (Å²) < 4.78 is 160. The molecular formula is C25H22Cl2F9NO5S. The highest BCUT2D eigenvalue weighted by atomic mass is 35.5. The second-order valence-corrected chi connectivity index (χ2v) is 13.4. The second kappa shape index (κ2) is 11.0. The first-order chi connectivity index (χ1) is 19.8. The standard InChI is InChI=1S/C25H22Cl2F9NO5S/c26-16-2-1-3-17(27)18(16)19-15(21(41-37-19)11-4-5-11)10-40-14-8-12-6-7-13(9-14)20(12)42-43(38,39)25(35,36)23(30,31)22(28,29)24(32,33)34/h1-3,11-14,20H,4-10H2. The van der Waals surface area contributed by atoms with Gasteiger partial charge >= 0.3 is 33.4 Å². The fraction of sp³-hybridized carbons (Fsp3) is 0.640. The molecule has 0 saturated heterocycles. The Bertz CT molecular complexity index is 1450. The number of benzene rings is 1. The van der Waals surface area contributed by atoms with Gasteiger partial charge in [0.15, 0.2) is 0 Å². The number of aromatic nitrogens is 1. The van der Waals surface area contributed by atoms with Crippen LogP contribution in [0, 0.1) is 11.8 Å². The van der Waals surface area contributed by atoms with E-state index in [0.717, 1.165) is 12.8 Å². The normalized spacial score (nSPS) is 25.4. The Morgan fingerprint density at radius 1 is 0.884 bits per heavy atom. The number of hydrogen-bond donors (Lipinski definition) is 0. The summed E-state index contributed by atoms with van der Waals surface area (Å²) in [5.41, 5.74) is 1.33. The fourth-order valence-corrected chi connectivity index (χ4v) is 7.43. The predicted molar refractivity (Wildman–Crippen MR) is 133 cm³/mol. The maximum Gasteiger partial charge on any atom is 0.460 e. The van der Waals surface area contributed by atoms with Crippen molar-refractivity contribution in [1.82, 2.24) is 5.16 Å². The molecule has 240 valence electrons. The summed E-state index contributed by atoms with van der Waals surface area (Å²) in [7, 11) is -6.95. The molecule has 0 radical (unpaired) electrons. The molecule has 43 heavy (non-hydrogen) atoms. The van der Waals surface area contributed by atoms with Crippen LogP contribution in [0.4, 0.5) is 39.5 Å². The van der Waals surface area contributed by atoms with E-state index in [1.807, 2.05) is 0 Å². The average molecular weight is 690 g/mol. The van der Waals surface area contributed by atoms with Gasteiger partial charge in [-0.15, -0.1) is 0 Å². The summed E-state index contributed by atoms with van der Waals surface area (Å²) in [6.45, 7) is -0.0586. The molecule has 2 atom stereocenters. The van der Waals surface area contributed by atoms with Gasteiger partial charge in [-0.05, 0) is 62.5 Å². The highest BCUT2D eigenvalue weighted by Gasteiger charge is 2.86. The van der Waals surface area contributed by atoms with Crippen molar-refractivity contribution in [1.29, 1.82) is 0 Å². The minimum Gasteiger partial charge on any atom is -0.373 e. The van der Waals surface area contributed by atoms with Crippen LogP contribution in [0.2, 0.25) is 10.0 Å². The van der Waals surface area contributed by atoms with Crippen LogP contribution in [-0.2, 0) is 25.6 Å². The van der Waals surface area contributed by atoms with Crippen molar-refractivity contribution in [3.8, 4) is 11.3 Å². The quantitative estimate of drug-likeness (QED) is 0.184. The molecule has 0 aliphatic heterocycles. The van der Waals surface area contributed by atoms with Gasteiger partial charge in [-0.1, -0.05) is 34.4 Å². The molecule has 2 bridgehead atoms. The molecule has 0 N–H and O–H groups in total.